The van der Waals surface area contributed by atoms with Crippen molar-refractivity contribution < 1.29 is 4.39 Å². The lowest BCUT2D eigenvalue weighted by molar-refractivity contribution is 0.626. The lowest BCUT2D eigenvalue weighted by Crippen LogP contribution is -1.93. The van der Waals surface area contributed by atoms with Crippen LogP contribution in [-0.4, -0.2) is 0 Å². The van der Waals surface area contributed by atoms with Crippen LogP contribution in [-0.2, 0) is 6.42 Å². The maximum Gasteiger partial charge on any atom is 0.123 e. The van der Waals surface area contributed by atoms with Gasteiger partial charge in [0.05, 0.1) is 0 Å². The van der Waals surface area contributed by atoms with Gasteiger partial charge in [-0.3, -0.25) is 0 Å². The molecular formula is C15H14FN. The topological polar surface area (TPSA) is 26.0 Å². The predicted octanol–water partition coefficient (Wildman–Crippen LogP) is 3.66. The van der Waals surface area contributed by atoms with Crippen LogP contribution in [0.2, 0.25) is 0 Å². The van der Waals surface area contributed by atoms with Crippen LogP contribution in [0.3, 0.4) is 0 Å². The average molecular weight is 227 g/mol. The molecule has 0 fully saturated rings. The van der Waals surface area contributed by atoms with E-state index in [0.29, 0.717) is 12.1 Å². The van der Waals surface area contributed by atoms with Crippen LogP contribution in [0, 0.1) is 5.82 Å². The second kappa shape index (κ2) is 5.30. The molecule has 0 atom stereocenters. The molecule has 0 aliphatic heterocycles. The molecule has 0 aromatic heterocycles. The Morgan fingerprint density at radius 3 is 2.59 bits per heavy atom. The van der Waals surface area contributed by atoms with E-state index >= 15 is 0 Å². The van der Waals surface area contributed by atoms with E-state index in [9.17, 15) is 4.39 Å². The zero-order valence-corrected chi connectivity index (χ0v) is 9.44. The maximum atomic E-state index is 13.0. The second-order valence-corrected chi connectivity index (χ2v) is 3.86. The molecule has 2 aromatic carbocycles. The quantitative estimate of drug-likeness (QED) is 0.795. The van der Waals surface area contributed by atoms with Crippen LogP contribution in [0.15, 0.2) is 54.6 Å². The molecule has 0 unspecified atom stereocenters. The molecular weight excluding hydrogens is 213 g/mol. The summed E-state index contributed by atoms with van der Waals surface area (Å²) in [6.45, 7) is 0. The van der Waals surface area contributed by atoms with Crippen LogP contribution >= 0.6 is 0 Å². The average Bonchev–Trinajstić information content (AvgIpc) is 2.35. The number of halogens is 1. The number of benzene rings is 2. The van der Waals surface area contributed by atoms with E-state index in [4.69, 9.17) is 5.73 Å². The normalized spacial score (nSPS) is 10.9. The van der Waals surface area contributed by atoms with Gasteiger partial charge in [-0.15, -0.1) is 0 Å². The Hall–Kier alpha value is -2.09. The van der Waals surface area contributed by atoms with Crippen LogP contribution < -0.4 is 5.73 Å². The number of allylic oxidation sites excluding steroid dienone is 1. The summed E-state index contributed by atoms with van der Waals surface area (Å²) in [5, 5.41) is 0. The van der Waals surface area contributed by atoms with Crippen molar-refractivity contribution in [3.05, 3.63) is 71.6 Å². The smallest absolute Gasteiger partial charge is 0.123 e. The second-order valence-electron chi connectivity index (χ2n) is 3.86. The molecule has 0 saturated carbocycles. The van der Waals surface area contributed by atoms with E-state index in [-0.39, 0.29) is 5.82 Å². The van der Waals surface area contributed by atoms with E-state index in [1.807, 2.05) is 42.5 Å². The molecule has 2 N–H and O–H groups in total. The van der Waals surface area contributed by atoms with Crippen molar-refractivity contribution in [3.8, 4) is 0 Å². The monoisotopic (exact) mass is 227 g/mol. The van der Waals surface area contributed by atoms with Crippen LogP contribution in [0.5, 0.6) is 0 Å². The number of nitrogens with two attached hydrogens (primary N) is 1. The molecule has 0 spiro atoms. The summed E-state index contributed by atoms with van der Waals surface area (Å²) in [6.07, 6.45) is 4.63. The van der Waals surface area contributed by atoms with Gasteiger partial charge in [0.25, 0.3) is 0 Å². The molecule has 1 nitrogen and oxygen atoms in total. The zero-order valence-electron chi connectivity index (χ0n) is 9.44. The number of hydrogen-bond acceptors (Lipinski definition) is 1. The Kier molecular flexibility index (Phi) is 3.55. The van der Waals surface area contributed by atoms with Gasteiger partial charge >= 0.3 is 0 Å². The van der Waals surface area contributed by atoms with Crippen molar-refractivity contribution in [2.45, 2.75) is 6.42 Å². The third-order valence-electron chi connectivity index (χ3n) is 2.55. The highest BCUT2D eigenvalue weighted by atomic mass is 19.1. The number of rotatable bonds is 3. The molecule has 86 valence electrons. The Balaban J connectivity index is 2.07. The zero-order chi connectivity index (χ0) is 12.1. The number of nitrogen functional groups attached to an aromatic ring is 1. The lowest BCUT2D eigenvalue weighted by Gasteiger charge is -2.02. The highest BCUT2D eigenvalue weighted by Crippen LogP contribution is 2.15. The van der Waals surface area contributed by atoms with Gasteiger partial charge in [0, 0.05) is 5.69 Å². The lowest BCUT2D eigenvalue weighted by atomic mass is 10.1. The van der Waals surface area contributed by atoms with Gasteiger partial charge in [0.15, 0.2) is 0 Å². The molecule has 0 radical (unpaired) electrons. The highest BCUT2D eigenvalue weighted by Gasteiger charge is 1.98. The fraction of sp³-hybridized carbons (Fsp3) is 0.0667. The summed E-state index contributed by atoms with van der Waals surface area (Å²) in [5.41, 5.74) is 8.34. The fourth-order valence-corrected chi connectivity index (χ4v) is 1.64. The summed E-state index contributed by atoms with van der Waals surface area (Å²) in [5.74, 6) is -0.248. The molecule has 2 aromatic rings. The molecule has 0 bridgehead atoms. The molecule has 2 rings (SSSR count). The maximum absolute atomic E-state index is 13.0. The minimum Gasteiger partial charge on any atom is -0.398 e. The van der Waals surface area contributed by atoms with Crippen LogP contribution in [0.25, 0.3) is 6.08 Å². The first-order valence-corrected chi connectivity index (χ1v) is 5.51. The Bertz CT molecular complexity index is 518. The van der Waals surface area contributed by atoms with E-state index in [1.54, 1.807) is 6.07 Å². The SMILES string of the molecule is Nc1ccc(F)cc1C/C=C/c1ccccc1. The van der Waals surface area contributed by atoms with Crippen molar-refractivity contribution >= 4 is 11.8 Å². The van der Waals surface area contributed by atoms with E-state index < -0.39 is 0 Å². The molecule has 0 saturated heterocycles. The van der Waals surface area contributed by atoms with Gasteiger partial charge in [-0.05, 0) is 35.7 Å². The Morgan fingerprint density at radius 1 is 1.06 bits per heavy atom. The van der Waals surface area contributed by atoms with Gasteiger partial charge < -0.3 is 5.73 Å². The standard InChI is InChI=1S/C15H14FN/c16-14-9-10-15(17)13(11-14)8-4-7-12-5-2-1-3-6-12/h1-7,9-11H,8,17H2/b7-4+. The van der Waals surface area contributed by atoms with Crippen molar-refractivity contribution in [2.24, 2.45) is 0 Å². The summed E-state index contributed by atoms with van der Waals surface area (Å²) >= 11 is 0. The van der Waals surface area contributed by atoms with Crippen molar-refractivity contribution in [2.75, 3.05) is 5.73 Å². The minimum atomic E-state index is -0.248. The van der Waals surface area contributed by atoms with Gasteiger partial charge in [0.2, 0.25) is 0 Å². The molecule has 0 amide bonds. The third kappa shape index (κ3) is 3.18. The van der Waals surface area contributed by atoms with Crippen molar-refractivity contribution in [1.82, 2.24) is 0 Å². The first-order valence-electron chi connectivity index (χ1n) is 5.51. The first-order chi connectivity index (χ1) is 8.25. The Morgan fingerprint density at radius 2 is 1.82 bits per heavy atom. The van der Waals surface area contributed by atoms with Gasteiger partial charge in [-0.2, -0.15) is 0 Å². The summed E-state index contributed by atoms with van der Waals surface area (Å²) < 4.78 is 13.0. The van der Waals surface area contributed by atoms with Crippen LogP contribution in [0.4, 0.5) is 10.1 Å². The largest absolute Gasteiger partial charge is 0.398 e. The minimum absolute atomic E-state index is 0.248. The van der Waals surface area contributed by atoms with Gasteiger partial charge in [0.1, 0.15) is 5.82 Å². The Labute approximate surface area is 100 Å². The van der Waals surface area contributed by atoms with Gasteiger partial charge in [-0.25, -0.2) is 4.39 Å². The van der Waals surface area contributed by atoms with E-state index in [1.165, 1.54) is 12.1 Å². The molecule has 0 aliphatic carbocycles. The summed E-state index contributed by atoms with van der Waals surface area (Å²) in [7, 11) is 0. The number of anilines is 1. The van der Waals surface area contributed by atoms with Crippen molar-refractivity contribution in [3.63, 3.8) is 0 Å². The third-order valence-corrected chi connectivity index (χ3v) is 2.55. The van der Waals surface area contributed by atoms with Crippen LogP contribution in [0.1, 0.15) is 11.1 Å². The van der Waals surface area contributed by atoms with E-state index in [2.05, 4.69) is 0 Å². The number of hydrogen-bond donors (Lipinski definition) is 1. The summed E-state index contributed by atoms with van der Waals surface area (Å²) in [4.78, 5) is 0. The van der Waals surface area contributed by atoms with E-state index in [0.717, 1.165) is 11.1 Å². The fourth-order valence-electron chi connectivity index (χ4n) is 1.64. The molecule has 17 heavy (non-hydrogen) atoms. The highest BCUT2D eigenvalue weighted by molar-refractivity contribution is 5.52. The first kappa shape index (κ1) is 11.4. The summed E-state index contributed by atoms with van der Waals surface area (Å²) in [6, 6.07) is 14.4. The predicted molar refractivity (Wildman–Crippen MR) is 70.0 cm³/mol. The van der Waals surface area contributed by atoms with Gasteiger partial charge in [-0.1, -0.05) is 42.5 Å². The molecule has 2 heteroatoms. The molecule has 0 aliphatic rings. The van der Waals surface area contributed by atoms with Crippen molar-refractivity contribution in [1.29, 1.82) is 0 Å². The molecule has 0 heterocycles.